The largest absolute Gasteiger partial charge is 0.379 e. The third kappa shape index (κ3) is 3.19. The topological polar surface area (TPSA) is 41.6 Å². The van der Waals surface area contributed by atoms with E-state index >= 15 is 0 Å². The van der Waals surface area contributed by atoms with Crippen molar-refractivity contribution in [3.8, 4) is 0 Å². The van der Waals surface area contributed by atoms with Gasteiger partial charge in [0.15, 0.2) is 0 Å². The monoisotopic (exact) mass is 228 g/mol. The smallest absolute Gasteiger partial charge is 0.226 e. The number of piperidine rings is 1. The number of amides is 1. The Bertz CT molecular complexity index is 233. The number of methoxy groups -OCH3 is 1. The number of carbonyl (C=O) groups excluding carboxylic acids is 1. The molecule has 0 bridgehead atoms. The number of ether oxygens (including phenoxy) is 1. The number of nitrogens with one attached hydrogen (secondary N) is 1. The van der Waals surface area contributed by atoms with E-state index in [1.54, 1.807) is 7.11 Å². The first-order chi connectivity index (χ1) is 7.60. The van der Waals surface area contributed by atoms with Gasteiger partial charge in [-0.15, -0.1) is 0 Å². The van der Waals surface area contributed by atoms with E-state index in [0.29, 0.717) is 5.92 Å². The van der Waals surface area contributed by atoms with Crippen molar-refractivity contribution in [1.82, 2.24) is 10.2 Å². The highest BCUT2D eigenvalue weighted by atomic mass is 16.5. The molecule has 0 saturated carbocycles. The molecule has 0 aromatic heterocycles. The van der Waals surface area contributed by atoms with Gasteiger partial charge in [-0.1, -0.05) is 13.8 Å². The molecule has 0 aromatic carbocycles. The zero-order valence-corrected chi connectivity index (χ0v) is 10.8. The highest BCUT2D eigenvalue weighted by Crippen LogP contribution is 2.20. The van der Waals surface area contributed by atoms with Crippen LogP contribution in [0.4, 0.5) is 0 Å². The van der Waals surface area contributed by atoms with Crippen LogP contribution in [0.25, 0.3) is 0 Å². The molecule has 0 spiro atoms. The molecular weight excluding hydrogens is 204 g/mol. The lowest BCUT2D eigenvalue weighted by Gasteiger charge is -2.37. The lowest BCUT2D eigenvalue weighted by molar-refractivity contribution is -0.139. The Kier molecular flexibility index (Phi) is 5.22. The number of nitrogens with zero attached hydrogens (tertiary/aromatic N) is 1. The van der Waals surface area contributed by atoms with Crippen LogP contribution in [0, 0.1) is 11.8 Å². The molecule has 94 valence electrons. The Morgan fingerprint density at radius 2 is 2.31 bits per heavy atom. The van der Waals surface area contributed by atoms with Crippen molar-refractivity contribution >= 4 is 5.91 Å². The van der Waals surface area contributed by atoms with Gasteiger partial charge >= 0.3 is 0 Å². The molecule has 1 saturated heterocycles. The first-order valence-corrected chi connectivity index (χ1v) is 6.06. The van der Waals surface area contributed by atoms with Crippen molar-refractivity contribution < 1.29 is 9.53 Å². The van der Waals surface area contributed by atoms with Crippen LogP contribution in [0.3, 0.4) is 0 Å². The molecule has 0 radical (unpaired) electrons. The van der Waals surface area contributed by atoms with E-state index in [2.05, 4.69) is 12.2 Å². The normalized spacial score (nSPS) is 27.9. The summed E-state index contributed by atoms with van der Waals surface area (Å²) in [6.07, 6.45) is 1.23. The molecule has 0 aliphatic carbocycles. The summed E-state index contributed by atoms with van der Waals surface area (Å²) in [5.41, 5.74) is 0. The van der Waals surface area contributed by atoms with Gasteiger partial charge < -0.3 is 15.0 Å². The van der Waals surface area contributed by atoms with Gasteiger partial charge in [-0.25, -0.2) is 0 Å². The Morgan fingerprint density at radius 1 is 1.62 bits per heavy atom. The van der Waals surface area contributed by atoms with Gasteiger partial charge in [-0.3, -0.25) is 4.79 Å². The molecule has 3 unspecified atom stereocenters. The first kappa shape index (κ1) is 13.5. The molecule has 0 aromatic rings. The van der Waals surface area contributed by atoms with Gasteiger partial charge in [0.25, 0.3) is 0 Å². The third-order valence-corrected chi connectivity index (χ3v) is 3.44. The zero-order valence-electron chi connectivity index (χ0n) is 10.8. The highest BCUT2D eigenvalue weighted by molar-refractivity contribution is 5.78. The fourth-order valence-corrected chi connectivity index (χ4v) is 2.25. The molecule has 4 heteroatoms. The SMILES string of the molecule is CNCC(C)C(=O)N1CCC(C)C(OC)C1. The second kappa shape index (κ2) is 6.21. The van der Waals surface area contributed by atoms with Gasteiger partial charge in [-0.2, -0.15) is 0 Å². The lowest BCUT2D eigenvalue weighted by Crippen LogP contribution is -2.49. The predicted octanol–water partition coefficient (Wildman–Crippen LogP) is 0.725. The summed E-state index contributed by atoms with van der Waals surface area (Å²) >= 11 is 0. The van der Waals surface area contributed by atoms with Crippen LogP contribution in [0.2, 0.25) is 0 Å². The fourth-order valence-electron chi connectivity index (χ4n) is 2.25. The second-order valence-corrected chi connectivity index (χ2v) is 4.78. The molecule has 16 heavy (non-hydrogen) atoms. The van der Waals surface area contributed by atoms with Crippen LogP contribution in [0.5, 0.6) is 0 Å². The highest BCUT2D eigenvalue weighted by Gasteiger charge is 2.30. The molecular formula is C12H24N2O2. The molecule has 1 rings (SSSR count). The number of hydrogen-bond acceptors (Lipinski definition) is 3. The number of rotatable bonds is 4. The summed E-state index contributed by atoms with van der Waals surface area (Å²) < 4.78 is 5.41. The van der Waals surface area contributed by atoms with E-state index in [1.165, 1.54) is 0 Å². The molecule has 4 nitrogen and oxygen atoms in total. The summed E-state index contributed by atoms with van der Waals surface area (Å²) in [5.74, 6) is 0.841. The van der Waals surface area contributed by atoms with Crippen molar-refractivity contribution in [3.05, 3.63) is 0 Å². The molecule has 1 N–H and O–H groups in total. The van der Waals surface area contributed by atoms with Gasteiger partial charge in [0.2, 0.25) is 5.91 Å². The van der Waals surface area contributed by atoms with E-state index in [-0.39, 0.29) is 17.9 Å². The average Bonchev–Trinajstić information content (AvgIpc) is 2.29. The van der Waals surface area contributed by atoms with Crippen LogP contribution in [-0.4, -0.2) is 50.7 Å². The third-order valence-electron chi connectivity index (χ3n) is 3.44. The van der Waals surface area contributed by atoms with Crippen LogP contribution in [0.1, 0.15) is 20.3 Å². The maximum atomic E-state index is 12.1. The van der Waals surface area contributed by atoms with Crippen molar-refractivity contribution in [2.45, 2.75) is 26.4 Å². The van der Waals surface area contributed by atoms with Gasteiger partial charge in [0.1, 0.15) is 0 Å². The van der Waals surface area contributed by atoms with Crippen molar-refractivity contribution in [1.29, 1.82) is 0 Å². The van der Waals surface area contributed by atoms with Gasteiger partial charge in [0.05, 0.1) is 6.10 Å². The molecule has 1 fully saturated rings. The minimum Gasteiger partial charge on any atom is -0.379 e. The average molecular weight is 228 g/mol. The standard InChI is InChI=1S/C12H24N2O2/c1-9-5-6-14(8-11(9)16-4)12(15)10(2)7-13-3/h9-11,13H,5-8H2,1-4H3. The maximum absolute atomic E-state index is 12.1. The van der Waals surface area contributed by atoms with Crippen LogP contribution in [-0.2, 0) is 9.53 Å². The Morgan fingerprint density at radius 3 is 2.88 bits per heavy atom. The minimum absolute atomic E-state index is 0.0518. The van der Waals surface area contributed by atoms with E-state index < -0.39 is 0 Å². The first-order valence-electron chi connectivity index (χ1n) is 6.06. The van der Waals surface area contributed by atoms with Crippen molar-refractivity contribution in [2.75, 3.05) is 33.8 Å². The molecule has 1 heterocycles. The van der Waals surface area contributed by atoms with E-state index in [4.69, 9.17) is 4.74 Å². The Labute approximate surface area is 98.3 Å². The second-order valence-electron chi connectivity index (χ2n) is 4.78. The Hall–Kier alpha value is -0.610. The van der Waals surface area contributed by atoms with E-state index in [0.717, 1.165) is 26.1 Å². The summed E-state index contributed by atoms with van der Waals surface area (Å²) in [4.78, 5) is 14.0. The van der Waals surface area contributed by atoms with E-state index in [9.17, 15) is 4.79 Å². The van der Waals surface area contributed by atoms with Crippen molar-refractivity contribution in [3.63, 3.8) is 0 Å². The molecule has 3 atom stereocenters. The zero-order chi connectivity index (χ0) is 12.1. The predicted molar refractivity (Wildman–Crippen MR) is 64.2 cm³/mol. The van der Waals surface area contributed by atoms with Crippen LogP contribution < -0.4 is 5.32 Å². The quantitative estimate of drug-likeness (QED) is 0.771. The Balaban J connectivity index is 2.51. The number of likely N-dealkylation sites (tertiary alicyclic amines) is 1. The molecule has 1 amide bonds. The van der Waals surface area contributed by atoms with E-state index in [1.807, 2.05) is 18.9 Å². The number of hydrogen-bond donors (Lipinski definition) is 1. The summed E-state index contributed by atoms with van der Waals surface area (Å²) in [7, 11) is 3.60. The van der Waals surface area contributed by atoms with Crippen LogP contribution >= 0.6 is 0 Å². The van der Waals surface area contributed by atoms with Gasteiger partial charge in [0, 0.05) is 32.7 Å². The number of carbonyl (C=O) groups is 1. The molecule has 1 aliphatic heterocycles. The van der Waals surface area contributed by atoms with Crippen molar-refractivity contribution in [2.24, 2.45) is 11.8 Å². The lowest BCUT2D eigenvalue weighted by atomic mass is 9.95. The van der Waals surface area contributed by atoms with Gasteiger partial charge in [-0.05, 0) is 19.4 Å². The molecule has 1 aliphatic rings. The summed E-state index contributed by atoms with van der Waals surface area (Å²) in [6.45, 7) is 6.51. The summed E-state index contributed by atoms with van der Waals surface area (Å²) in [5, 5.41) is 3.04. The fraction of sp³-hybridized carbons (Fsp3) is 0.917. The summed E-state index contributed by atoms with van der Waals surface area (Å²) in [6, 6.07) is 0. The van der Waals surface area contributed by atoms with Crippen LogP contribution in [0.15, 0.2) is 0 Å². The maximum Gasteiger partial charge on any atom is 0.226 e. The minimum atomic E-state index is 0.0518.